The summed E-state index contributed by atoms with van der Waals surface area (Å²) in [5.74, 6) is 0.0953. The van der Waals surface area contributed by atoms with Crippen LogP contribution < -0.4 is 4.90 Å². The average molecular weight is 341 g/mol. The molecule has 1 amide bonds. The molecule has 24 heavy (non-hydrogen) atoms. The van der Waals surface area contributed by atoms with Crippen molar-refractivity contribution in [1.29, 1.82) is 0 Å². The van der Waals surface area contributed by atoms with Gasteiger partial charge < -0.3 is 9.64 Å². The highest BCUT2D eigenvalue weighted by Gasteiger charge is 2.26. The van der Waals surface area contributed by atoms with Crippen LogP contribution in [0.25, 0.3) is 0 Å². The Balaban J connectivity index is 1.79. The molecule has 4 nitrogen and oxygen atoms in total. The number of amides is 1. The van der Waals surface area contributed by atoms with E-state index in [4.69, 9.17) is 4.74 Å². The summed E-state index contributed by atoms with van der Waals surface area (Å²) < 4.78 is 4.86. The Morgan fingerprint density at radius 1 is 1.12 bits per heavy atom. The van der Waals surface area contributed by atoms with Crippen LogP contribution in [0.1, 0.15) is 22.3 Å². The van der Waals surface area contributed by atoms with E-state index in [1.807, 2.05) is 36.4 Å². The first-order chi connectivity index (χ1) is 11.7. The van der Waals surface area contributed by atoms with E-state index in [0.29, 0.717) is 17.9 Å². The highest BCUT2D eigenvalue weighted by Crippen LogP contribution is 2.31. The molecule has 0 atom stereocenters. The number of rotatable bonds is 4. The molecule has 0 aliphatic carbocycles. The van der Waals surface area contributed by atoms with Crippen molar-refractivity contribution in [1.82, 2.24) is 0 Å². The molecular formula is C19H19NO3S. The lowest BCUT2D eigenvalue weighted by atomic mass is 9.96. The fourth-order valence-corrected chi connectivity index (χ4v) is 3.72. The molecule has 0 aromatic heterocycles. The first-order valence-corrected chi connectivity index (χ1v) is 8.87. The van der Waals surface area contributed by atoms with E-state index >= 15 is 0 Å². The van der Waals surface area contributed by atoms with Crippen LogP contribution >= 0.6 is 11.8 Å². The number of carbonyl (C=O) groups excluding carboxylic acids is 2. The number of hydrogen-bond acceptors (Lipinski definition) is 4. The second-order valence-electron chi connectivity index (χ2n) is 5.55. The van der Waals surface area contributed by atoms with Crippen molar-refractivity contribution >= 4 is 29.3 Å². The summed E-state index contributed by atoms with van der Waals surface area (Å²) in [4.78, 5) is 27.5. The molecule has 1 heterocycles. The minimum atomic E-state index is -0.347. The summed E-state index contributed by atoms with van der Waals surface area (Å²) in [6, 6.07) is 15.4. The Morgan fingerprint density at radius 3 is 2.67 bits per heavy atom. The standard InChI is InChI=1S/C19H19NO3S/c1-23-19(22)16-9-5-11-17-15(16)10-6-12-20(17)18(21)13-24-14-7-3-2-4-8-14/h2-5,7-9,11H,6,10,12-13H2,1H3. The number of benzene rings is 2. The van der Waals surface area contributed by atoms with Crippen LogP contribution in [-0.2, 0) is 16.0 Å². The van der Waals surface area contributed by atoms with Gasteiger partial charge in [0.2, 0.25) is 5.91 Å². The van der Waals surface area contributed by atoms with Crippen LogP contribution in [0.5, 0.6) is 0 Å². The number of fused-ring (bicyclic) bond motifs is 1. The van der Waals surface area contributed by atoms with Gasteiger partial charge in [-0.1, -0.05) is 24.3 Å². The van der Waals surface area contributed by atoms with Crippen LogP contribution in [0, 0.1) is 0 Å². The van der Waals surface area contributed by atoms with Crippen LogP contribution in [0.15, 0.2) is 53.4 Å². The van der Waals surface area contributed by atoms with Crippen molar-refractivity contribution in [3.8, 4) is 0 Å². The van der Waals surface area contributed by atoms with Gasteiger partial charge in [-0.2, -0.15) is 0 Å². The molecule has 0 radical (unpaired) electrons. The first kappa shape index (κ1) is 16.6. The summed E-state index contributed by atoms with van der Waals surface area (Å²) in [5, 5.41) is 0. The summed E-state index contributed by atoms with van der Waals surface area (Å²) in [6.07, 6.45) is 1.64. The molecule has 3 rings (SSSR count). The third-order valence-corrected chi connectivity index (χ3v) is 5.06. The normalized spacial score (nSPS) is 13.3. The van der Waals surface area contributed by atoms with Gasteiger partial charge in [0.1, 0.15) is 0 Å². The maximum Gasteiger partial charge on any atom is 0.338 e. The lowest BCUT2D eigenvalue weighted by Crippen LogP contribution is -2.37. The van der Waals surface area contributed by atoms with E-state index in [2.05, 4.69) is 0 Å². The molecule has 0 saturated carbocycles. The Morgan fingerprint density at radius 2 is 1.92 bits per heavy atom. The predicted molar refractivity (Wildman–Crippen MR) is 95.6 cm³/mol. The van der Waals surface area contributed by atoms with Gasteiger partial charge in [0.05, 0.1) is 18.4 Å². The topological polar surface area (TPSA) is 46.6 Å². The number of thioether (sulfide) groups is 1. The second-order valence-corrected chi connectivity index (χ2v) is 6.59. The Hall–Kier alpha value is -2.27. The maximum absolute atomic E-state index is 12.7. The fraction of sp³-hybridized carbons (Fsp3) is 0.263. The van der Waals surface area contributed by atoms with Gasteiger partial charge in [-0.05, 0) is 42.7 Å². The zero-order chi connectivity index (χ0) is 16.9. The van der Waals surface area contributed by atoms with Gasteiger partial charge in [-0.3, -0.25) is 4.79 Å². The molecule has 0 fully saturated rings. The molecule has 1 aliphatic heterocycles. The highest BCUT2D eigenvalue weighted by atomic mass is 32.2. The number of methoxy groups -OCH3 is 1. The van der Waals surface area contributed by atoms with E-state index < -0.39 is 0 Å². The zero-order valence-corrected chi connectivity index (χ0v) is 14.3. The third kappa shape index (κ3) is 3.46. The number of nitrogens with zero attached hydrogens (tertiary/aromatic N) is 1. The van der Waals surface area contributed by atoms with Crippen molar-refractivity contribution in [2.24, 2.45) is 0 Å². The molecular weight excluding hydrogens is 322 g/mol. The van der Waals surface area contributed by atoms with Gasteiger partial charge >= 0.3 is 5.97 Å². The smallest absolute Gasteiger partial charge is 0.338 e. The lowest BCUT2D eigenvalue weighted by Gasteiger charge is -2.30. The highest BCUT2D eigenvalue weighted by molar-refractivity contribution is 8.00. The molecule has 5 heteroatoms. The SMILES string of the molecule is COC(=O)c1cccc2c1CCCN2C(=O)CSc1ccccc1. The minimum Gasteiger partial charge on any atom is -0.465 e. The monoisotopic (exact) mass is 341 g/mol. The van der Waals surface area contributed by atoms with Crippen molar-refractivity contribution < 1.29 is 14.3 Å². The summed E-state index contributed by atoms with van der Waals surface area (Å²) in [6.45, 7) is 0.686. The third-order valence-electron chi connectivity index (χ3n) is 4.06. The predicted octanol–water partition coefficient (Wildman–Crippen LogP) is 3.54. The van der Waals surface area contributed by atoms with Crippen LogP contribution in [0.2, 0.25) is 0 Å². The van der Waals surface area contributed by atoms with Gasteiger partial charge in [-0.25, -0.2) is 4.79 Å². The van der Waals surface area contributed by atoms with Crippen molar-refractivity contribution in [2.75, 3.05) is 24.3 Å². The molecule has 124 valence electrons. The Labute approximate surface area is 145 Å². The van der Waals surface area contributed by atoms with Gasteiger partial charge in [0, 0.05) is 17.1 Å². The van der Waals surface area contributed by atoms with E-state index in [9.17, 15) is 9.59 Å². The minimum absolute atomic E-state index is 0.0619. The first-order valence-electron chi connectivity index (χ1n) is 7.89. The van der Waals surface area contributed by atoms with E-state index in [0.717, 1.165) is 29.0 Å². The Kier molecular flexibility index (Phi) is 5.20. The second kappa shape index (κ2) is 7.53. The molecule has 0 N–H and O–H groups in total. The summed E-state index contributed by atoms with van der Waals surface area (Å²) in [5.41, 5.74) is 2.31. The van der Waals surface area contributed by atoms with Crippen LogP contribution in [-0.4, -0.2) is 31.3 Å². The quantitative estimate of drug-likeness (QED) is 0.630. The number of hydrogen-bond donors (Lipinski definition) is 0. The Bertz CT molecular complexity index is 746. The average Bonchev–Trinajstić information content (AvgIpc) is 2.65. The molecule has 2 aromatic rings. The van der Waals surface area contributed by atoms with Gasteiger partial charge in [0.25, 0.3) is 0 Å². The van der Waals surface area contributed by atoms with Crippen molar-refractivity contribution in [3.63, 3.8) is 0 Å². The van der Waals surface area contributed by atoms with E-state index in [-0.39, 0.29) is 11.9 Å². The fourth-order valence-electron chi connectivity index (χ4n) is 2.92. The maximum atomic E-state index is 12.7. The van der Waals surface area contributed by atoms with Gasteiger partial charge in [0.15, 0.2) is 0 Å². The largest absolute Gasteiger partial charge is 0.465 e. The number of esters is 1. The van der Waals surface area contributed by atoms with E-state index in [1.54, 1.807) is 17.0 Å². The zero-order valence-electron chi connectivity index (χ0n) is 13.5. The molecule has 1 aliphatic rings. The van der Waals surface area contributed by atoms with Crippen LogP contribution in [0.3, 0.4) is 0 Å². The summed E-state index contributed by atoms with van der Waals surface area (Å²) >= 11 is 1.53. The number of carbonyl (C=O) groups is 2. The molecule has 2 aromatic carbocycles. The lowest BCUT2D eigenvalue weighted by molar-refractivity contribution is -0.116. The van der Waals surface area contributed by atoms with Crippen LogP contribution in [0.4, 0.5) is 5.69 Å². The number of anilines is 1. The molecule has 0 saturated heterocycles. The molecule has 0 spiro atoms. The van der Waals surface area contributed by atoms with Crippen molar-refractivity contribution in [2.45, 2.75) is 17.7 Å². The molecule has 0 unspecified atom stereocenters. The van der Waals surface area contributed by atoms with E-state index in [1.165, 1.54) is 18.9 Å². The number of ether oxygens (including phenoxy) is 1. The summed E-state index contributed by atoms with van der Waals surface area (Å²) in [7, 11) is 1.38. The van der Waals surface area contributed by atoms with Crippen molar-refractivity contribution in [3.05, 3.63) is 59.7 Å². The van der Waals surface area contributed by atoms with Gasteiger partial charge in [-0.15, -0.1) is 11.8 Å². The molecule has 0 bridgehead atoms.